The SMILES string of the molecule is CCNC(=NCc1cc(C(C)C)no1)NCCNc1ccc([N+](=O)[O-])cc1. The van der Waals surface area contributed by atoms with Gasteiger partial charge in [-0.15, -0.1) is 0 Å². The van der Waals surface area contributed by atoms with Crippen molar-refractivity contribution in [3.8, 4) is 0 Å². The molecule has 0 unspecified atom stereocenters. The van der Waals surface area contributed by atoms with Gasteiger partial charge in [-0.25, -0.2) is 4.99 Å². The molecule has 27 heavy (non-hydrogen) atoms. The molecule has 0 aliphatic carbocycles. The topological polar surface area (TPSA) is 118 Å². The molecule has 1 aromatic heterocycles. The molecule has 2 rings (SSSR count). The van der Waals surface area contributed by atoms with E-state index >= 15 is 0 Å². The van der Waals surface area contributed by atoms with Gasteiger partial charge in [0.05, 0.1) is 10.6 Å². The molecule has 0 atom stereocenters. The van der Waals surface area contributed by atoms with Crippen LogP contribution in [0.1, 0.15) is 38.1 Å². The summed E-state index contributed by atoms with van der Waals surface area (Å²) in [5.74, 6) is 1.73. The molecule has 0 radical (unpaired) electrons. The third-order valence-corrected chi connectivity index (χ3v) is 3.73. The van der Waals surface area contributed by atoms with Crippen LogP contribution in [0, 0.1) is 10.1 Å². The van der Waals surface area contributed by atoms with Gasteiger partial charge in [0.25, 0.3) is 5.69 Å². The highest BCUT2D eigenvalue weighted by Crippen LogP contribution is 2.15. The summed E-state index contributed by atoms with van der Waals surface area (Å²) >= 11 is 0. The first kappa shape index (κ1) is 20.2. The summed E-state index contributed by atoms with van der Waals surface area (Å²) in [5, 5.41) is 24.3. The summed E-state index contributed by atoms with van der Waals surface area (Å²) in [6.07, 6.45) is 0. The van der Waals surface area contributed by atoms with Crippen molar-refractivity contribution < 1.29 is 9.45 Å². The van der Waals surface area contributed by atoms with E-state index < -0.39 is 4.92 Å². The highest BCUT2D eigenvalue weighted by molar-refractivity contribution is 5.79. The standard InChI is InChI=1S/C18H26N6O3/c1-4-19-18(22-12-16-11-17(13(2)3)23-27-16)21-10-9-20-14-5-7-15(8-6-14)24(25)26/h5-8,11,13,20H,4,9-10,12H2,1-3H3,(H2,19,21,22). The van der Waals surface area contributed by atoms with E-state index in [2.05, 4.69) is 39.9 Å². The number of rotatable bonds is 9. The maximum atomic E-state index is 10.7. The highest BCUT2D eigenvalue weighted by Gasteiger charge is 2.07. The van der Waals surface area contributed by atoms with E-state index in [4.69, 9.17) is 4.52 Å². The highest BCUT2D eigenvalue weighted by atomic mass is 16.6. The Bertz CT molecular complexity index is 755. The van der Waals surface area contributed by atoms with E-state index in [0.29, 0.717) is 31.5 Å². The van der Waals surface area contributed by atoms with Crippen molar-refractivity contribution in [3.63, 3.8) is 0 Å². The first-order valence-corrected chi connectivity index (χ1v) is 8.95. The minimum absolute atomic E-state index is 0.0771. The van der Waals surface area contributed by atoms with Crippen LogP contribution in [0.5, 0.6) is 0 Å². The first-order chi connectivity index (χ1) is 13.0. The van der Waals surface area contributed by atoms with Gasteiger partial charge >= 0.3 is 0 Å². The second kappa shape index (κ2) is 10.1. The van der Waals surface area contributed by atoms with Crippen LogP contribution in [0.3, 0.4) is 0 Å². The number of nitro groups is 1. The van der Waals surface area contributed by atoms with E-state index in [0.717, 1.165) is 23.7 Å². The zero-order valence-corrected chi connectivity index (χ0v) is 15.9. The third-order valence-electron chi connectivity index (χ3n) is 3.73. The fraction of sp³-hybridized carbons (Fsp3) is 0.444. The van der Waals surface area contributed by atoms with Crippen molar-refractivity contribution in [1.29, 1.82) is 0 Å². The normalized spacial score (nSPS) is 11.5. The van der Waals surface area contributed by atoms with Crippen molar-refractivity contribution in [1.82, 2.24) is 15.8 Å². The number of guanidine groups is 1. The summed E-state index contributed by atoms with van der Waals surface area (Å²) < 4.78 is 5.29. The Morgan fingerprint density at radius 1 is 1.26 bits per heavy atom. The summed E-state index contributed by atoms with van der Waals surface area (Å²) in [4.78, 5) is 14.7. The van der Waals surface area contributed by atoms with E-state index in [1.807, 2.05) is 13.0 Å². The van der Waals surface area contributed by atoms with Crippen molar-refractivity contribution in [2.45, 2.75) is 33.2 Å². The van der Waals surface area contributed by atoms with Crippen molar-refractivity contribution in [2.24, 2.45) is 4.99 Å². The molecule has 0 fully saturated rings. The van der Waals surface area contributed by atoms with Crippen LogP contribution >= 0.6 is 0 Å². The number of aliphatic imine (C=N–C) groups is 1. The van der Waals surface area contributed by atoms with Gasteiger partial charge in [0, 0.05) is 43.5 Å². The molecule has 0 aliphatic rings. The number of benzene rings is 1. The van der Waals surface area contributed by atoms with Crippen LogP contribution in [0.4, 0.5) is 11.4 Å². The quantitative estimate of drug-likeness (QED) is 0.203. The lowest BCUT2D eigenvalue weighted by molar-refractivity contribution is -0.384. The van der Waals surface area contributed by atoms with Crippen LogP contribution in [0.25, 0.3) is 0 Å². The van der Waals surface area contributed by atoms with Crippen LogP contribution in [0.15, 0.2) is 39.8 Å². The van der Waals surface area contributed by atoms with E-state index in [1.54, 1.807) is 12.1 Å². The lowest BCUT2D eigenvalue weighted by Crippen LogP contribution is -2.39. The monoisotopic (exact) mass is 374 g/mol. The van der Waals surface area contributed by atoms with Crippen LogP contribution < -0.4 is 16.0 Å². The van der Waals surface area contributed by atoms with Crippen molar-refractivity contribution >= 4 is 17.3 Å². The molecule has 0 spiro atoms. The Morgan fingerprint density at radius 3 is 2.59 bits per heavy atom. The van der Waals surface area contributed by atoms with Crippen molar-refractivity contribution in [3.05, 3.63) is 51.9 Å². The molecule has 0 saturated heterocycles. The Morgan fingerprint density at radius 2 is 2.00 bits per heavy atom. The molecule has 0 amide bonds. The second-order valence-electron chi connectivity index (χ2n) is 6.23. The van der Waals surface area contributed by atoms with Gasteiger partial charge in [-0.05, 0) is 25.0 Å². The molecular weight excluding hydrogens is 348 g/mol. The van der Waals surface area contributed by atoms with Crippen LogP contribution in [-0.2, 0) is 6.54 Å². The molecule has 1 aromatic carbocycles. The minimum Gasteiger partial charge on any atom is -0.383 e. The predicted molar refractivity (Wildman–Crippen MR) is 105 cm³/mol. The maximum absolute atomic E-state index is 10.7. The second-order valence-corrected chi connectivity index (χ2v) is 6.23. The zero-order chi connectivity index (χ0) is 19.6. The fourth-order valence-electron chi connectivity index (χ4n) is 2.26. The van der Waals surface area contributed by atoms with Crippen molar-refractivity contribution in [2.75, 3.05) is 25.0 Å². The maximum Gasteiger partial charge on any atom is 0.269 e. The molecule has 2 aromatic rings. The minimum atomic E-state index is -0.414. The number of non-ortho nitro benzene ring substituents is 1. The van der Waals surface area contributed by atoms with Gasteiger partial charge in [-0.2, -0.15) is 0 Å². The molecular formula is C18H26N6O3. The number of hydrogen-bond donors (Lipinski definition) is 3. The molecule has 9 heteroatoms. The van der Waals surface area contributed by atoms with Gasteiger partial charge in [0.2, 0.25) is 0 Å². The number of nitro benzene ring substituents is 1. The Hall–Kier alpha value is -3.10. The van der Waals surface area contributed by atoms with Gasteiger partial charge < -0.3 is 20.5 Å². The molecule has 146 valence electrons. The first-order valence-electron chi connectivity index (χ1n) is 8.95. The smallest absolute Gasteiger partial charge is 0.269 e. The lowest BCUT2D eigenvalue weighted by Gasteiger charge is -2.12. The Kier molecular flexibility index (Phi) is 7.60. The van der Waals surface area contributed by atoms with Crippen LogP contribution in [-0.4, -0.2) is 35.7 Å². The zero-order valence-electron chi connectivity index (χ0n) is 15.9. The lowest BCUT2D eigenvalue weighted by atomic mass is 10.1. The van der Waals surface area contributed by atoms with Gasteiger partial charge in [0.1, 0.15) is 6.54 Å². The summed E-state index contributed by atoms with van der Waals surface area (Å²) in [6, 6.07) is 8.25. The number of nitrogens with one attached hydrogen (secondary N) is 3. The summed E-state index contributed by atoms with van der Waals surface area (Å²) in [5.41, 5.74) is 1.82. The predicted octanol–water partition coefficient (Wildman–Crippen LogP) is 2.87. The number of anilines is 1. The van der Waals surface area contributed by atoms with E-state index in [9.17, 15) is 10.1 Å². The fourth-order valence-corrected chi connectivity index (χ4v) is 2.26. The molecule has 9 nitrogen and oxygen atoms in total. The van der Waals surface area contributed by atoms with E-state index in [1.165, 1.54) is 12.1 Å². The van der Waals surface area contributed by atoms with Gasteiger partial charge in [0.15, 0.2) is 11.7 Å². The summed E-state index contributed by atoms with van der Waals surface area (Å²) in [6.45, 7) is 8.55. The Labute approximate surface area is 158 Å². The number of nitrogens with zero attached hydrogens (tertiary/aromatic N) is 3. The van der Waals surface area contributed by atoms with Gasteiger partial charge in [-0.3, -0.25) is 10.1 Å². The van der Waals surface area contributed by atoms with Gasteiger partial charge in [-0.1, -0.05) is 19.0 Å². The van der Waals surface area contributed by atoms with Crippen LogP contribution in [0.2, 0.25) is 0 Å². The molecule has 1 heterocycles. The average molecular weight is 374 g/mol. The Balaban J connectivity index is 1.80. The molecule has 0 saturated carbocycles. The van der Waals surface area contributed by atoms with E-state index in [-0.39, 0.29) is 5.69 Å². The third kappa shape index (κ3) is 6.61. The molecule has 0 aliphatic heterocycles. The molecule has 0 bridgehead atoms. The number of aromatic nitrogens is 1. The average Bonchev–Trinajstić information content (AvgIpc) is 3.13. The number of hydrogen-bond acceptors (Lipinski definition) is 6. The summed E-state index contributed by atoms with van der Waals surface area (Å²) in [7, 11) is 0. The molecule has 3 N–H and O–H groups in total. The largest absolute Gasteiger partial charge is 0.383 e.